The molecule has 192 valence electrons. The molecule has 0 atom stereocenters. The molecule has 0 bridgehead atoms. The van der Waals surface area contributed by atoms with Crippen LogP contribution in [-0.2, 0) is 15.9 Å². The number of nitrogens with zero attached hydrogens (tertiary/aromatic N) is 2. The number of benzene rings is 2. The van der Waals surface area contributed by atoms with Crippen LogP contribution in [0.3, 0.4) is 0 Å². The van der Waals surface area contributed by atoms with Crippen molar-refractivity contribution in [1.29, 1.82) is 0 Å². The molecular weight excluding hydrogens is 444 g/mol. The normalized spacial score (nSPS) is 10.9. The molecule has 0 fully saturated rings. The third-order valence-electron chi connectivity index (χ3n) is 5.88. The zero-order chi connectivity index (χ0) is 25.5. The fraction of sp³-hybridized carbons (Fsp3) is 0.481. The number of amides is 2. The van der Waals surface area contributed by atoms with Crippen LogP contribution >= 0.6 is 0 Å². The topological polar surface area (TPSA) is 83.1 Å². The molecule has 8 heteroatoms. The van der Waals surface area contributed by atoms with Crippen molar-refractivity contribution in [3.8, 4) is 0 Å². The Hall–Kier alpha value is -3.10. The van der Waals surface area contributed by atoms with Gasteiger partial charge in [-0.15, -0.1) is 0 Å². The van der Waals surface area contributed by atoms with Gasteiger partial charge in [0.05, 0.1) is 0 Å². The quantitative estimate of drug-likeness (QED) is 0.390. The van der Waals surface area contributed by atoms with Gasteiger partial charge in [-0.25, -0.2) is 9.59 Å². The van der Waals surface area contributed by atoms with Crippen molar-refractivity contribution in [2.75, 3.05) is 63.1 Å². The predicted molar refractivity (Wildman–Crippen MR) is 141 cm³/mol. The summed E-state index contributed by atoms with van der Waals surface area (Å²) in [6.45, 7) is 14.3. The summed E-state index contributed by atoms with van der Waals surface area (Å²) in [5, 5.41) is 5.52. The van der Waals surface area contributed by atoms with E-state index in [0.717, 1.165) is 56.8 Å². The molecular formula is C27H40N4O4. The molecule has 0 aliphatic rings. The van der Waals surface area contributed by atoms with Gasteiger partial charge < -0.3 is 19.3 Å². The first-order valence-corrected chi connectivity index (χ1v) is 12.5. The molecule has 0 saturated heterocycles. The van der Waals surface area contributed by atoms with Crippen LogP contribution in [0.2, 0.25) is 0 Å². The highest BCUT2D eigenvalue weighted by Gasteiger charge is 2.07. The van der Waals surface area contributed by atoms with Gasteiger partial charge in [0.15, 0.2) is 0 Å². The molecule has 0 saturated carbocycles. The number of rotatable bonds is 14. The smallest absolute Gasteiger partial charge is 0.411 e. The van der Waals surface area contributed by atoms with Gasteiger partial charge in [0.25, 0.3) is 0 Å². The van der Waals surface area contributed by atoms with Crippen molar-refractivity contribution in [3.05, 3.63) is 59.7 Å². The molecule has 0 heterocycles. The van der Waals surface area contributed by atoms with Crippen molar-refractivity contribution in [2.45, 2.75) is 34.1 Å². The summed E-state index contributed by atoms with van der Waals surface area (Å²) in [6.07, 6.45) is -0.150. The molecule has 35 heavy (non-hydrogen) atoms. The van der Waals surface area contributed by atoms with E-state index in [2.05, 4.69) is 48.1 Å². The Morgan fingerprint density at radius 2 is 0.971 bits per heavy atom. The van der Waals surface area contributed by atoms with Crippen molar-refractivity contribution in [2.24, 2.45) is 0 Å². The molecule has 0 spiro atoms. The molecule has 0 radical (unpaired) electrons. The van der Waals surface area contributed by atoms with E-state index in [9.17, 15) is 9.59 Å². The Morgan fingerprint density at radius 3 is 1.29 bits per heavy atom. The number of carbonyl (C=O) groups excluding carboxylic acids is 2. The number of likely N-dealkylation sites (N-methyl/N-ethyl adjacent to an activating group) is 2. The van der Waals surface area contributed by atoms with E-state index >= 15 is 0 Å². The van der Waals surface area contributed by atoms with Crippen molar-refractivity contribution in [3.63, 3.8) is 0 Å². The van der Waals surface area contributed by atoms with Crippen molar-refractivity contribution in [1.82, 2.24) is 9.80 Å². The van der Waals surface area contributed by atoms with Gasteiger partial charge >= 0.3 is 12.2 Å². The highest BCUT2D eigenvalue weighted by molar-refractivity contribution is 5.85. The summed E-state index contributed by atoms with van der Waals surface area (Å²) >= 11 is 0. The minimum Gasteiger partial charge on any atom is -0.448 e. The van der Waals surface area contributed by atoms with E-state index < -0.39 is 12.2 Å². The molecule has 0 unspecified atom stereocenters. The first-order chi connectivity index (χ1) is 17.0. The summed E-state index contributed by atoms with van der Waals surface area (Å²) < 4.78 is 10.5. The van der Waals surface area contributed by atoms with Gasteiger partial charge in [-0.3, -0.25) is 10.6 Å². The summed E-state index contributed by atoms with van der Waals surface area (Å²) in [5.74, 6) is 0. The number of hydrogen-bond donors (Lipinski definition) is 2. The molecule has 0 aliphatic heterocycles. The molecule has 2 N–H and O–H groups in total. The fourth-order valence-corrected chi connectivity index (χ4v) is 3.57. The van der Waals surface area contributed by atoms with Crippen LogP contribution in [0.5, 0.6) is 0 Å². The van der Waals surface area contributed by atoms with Crippen LogP contribution in [0.15, 0.2) is 48.5 Å². The molecule has 2 aromatic rings. The minimum atomic E-state index is -0.445. The first kappa shape index (κ1) is 28.1. The highest BCUT2D eigenvalue weighted by Crippen LogP contribution is 2.16. The first-order valence-electron chi connectivity index (χ1n) is 12.5. The van der Waals surface area contributed by atoms with E-state index in [1.54, 1.807) is 0 Å². The van der Waals surface area contributed by atoms with Crippen LogP contribution in [0.1, 0.15) is 38.8 Å². The second-order valence-electron chi connectivity index (χ2n) is 8.15. The van der Waals surface area contributed by atoms with Gasteiger partial charge in [0, 0.05) is 24.5 Å². The van der Waals surface area contributed by atoms with Crippen molar-refractivity contribution >= 4 is 23.6 Å². The number of carbonyl (C=O) groups is 2. The third kappa shape index (κ3) is 10.8. The lowest BCUT2D eigenvalue weighted by molar-refractivity contribution is 0.142. The summed E-state index contributed by atoms with van der Waals surface area (Å²) in [6, 6.07) is 15.4. The van der Waals surface area contributed by atoms with Crippen LogP contribution in [0.4, 0.5) is 21.0 Å². The van der Waals surface area contributed by atoms with E-state index in [1.807, 2.05) is 48.5 Å². The zero-order valence-corrected chi connectivity index (χ0v) is 21.5. The molecule has 0 aromatic heterocycles. The van der Waals surface area contributed by atoms with E-state index in [4.69, 9.17) is 9.47 Å². The van der Waals surface area contributed by atoms with Gasteiger partial charge in [0.1, 0.15) is 13.2 Å². The molecule has 2 rings (SSSR count). The fourth-order valence-electron chi connectivity index (χ4n) is 3.57. The highest BCUT2D eigenvalue weighted by atomic mass is 16.6. The number of anilines is 2. The second-order valence-corrected chi connectivity index (χ2v) is 8.15. The average Bonchev–Trinajstić information content (AvgIpc) is 2.87. The maximum atomic E-state index is 12.0. The van der Waals surface area contributed by atoms with E-state index in [-0.39, 0.29) is 0 Å². The zero-order valence-electron chi connectivity index (χ0n) is 21.5. The SMILES string of the molecule is CCN(CC)CCOC(=O)Nc1ccc(Cc2ccc(NC(=O)OCCN(CC)CC)cc2)cc1. The number of ether oxygens (including phenoxy) is 2. The van der Waals surface area contributed by atoms with Gasteiger partial charge in [0.2, 0.25) is 0 Å². The largest absolute Gasteiger partial charge is 0.448 e. The third-order valence-corrected chi connectivity index (χ3v) is 5.88. The molecule has 2 aromatic carbocycles. The van der Waals surface area contributed by atoms with E-state index in [0.29, 0.717) is 24.6 Å². The Balaban J connectivity index is 1.75. The minimum absolute atomic E-state index is 0.366. The summed E-state index contributed by atoms with van der Waals surface area (Å²) in [4.78, 5) is 28.4. The molecule has 8 nitrogen and oxygen atoms in total. The summed E-state index contributed by atoms with van der Waals surface area (Å²) in [5.41, 5.74) is 3.62. The number of nitrogens with one attached hydrogen (secondary N) is 2. The predicted octanol–water partition coefficient (Wildman–Crippen LogP) is 5.06. The maximum absolute atomic E-state index is 12.0. The van der Waals surface area contributed by atoms with Gasteiger partial charge in [-0.05, 0) is 68.0 Å². The van der Waals surface area contributed by atoms with Crippen LogP contribution in [-0.4, -0.2) is 74.5 Å². The van der Waals surface area contributed by atoms with Gasteiger partial charge in [-0.1, -0.05) is 52.0 Å². The summed E-state index contributed by atoms with van der Waals surface area (Å²) in [7, 11) is 0. The molecule has 2 amide bonds. The Kier molecular flexibility index (Phi) is 12.7. The maximum Gasteiger partial charge on any atom is 0.411 e. The Morgan fingerprint density at radius 1 is 0.629 bits per heavy atom. The van der Waals surface area contributed by atoms with Gasteiger partial charge in [-0.2, -0.15) is 0 Å². The van der Waals surface area contributed by atoms with Crippen molar-refractivity contribution < 1.29 is 19.1 Å². The van der Waals surface area contributed by atoms with Crippen LogP contribution < -0.4 is 10.6 Å². The Bertz CT molecular complexity index is 806. The van der Waals surface area contributed by atoms with E-state index in [1.165, 1.54) is 0 Å². The lowest BCUT2D eigenvalue weighted by atomic mass is 10.0. The van der Waals surface area contributed by atoms with Crippen LogP contribution in [0, 0.1) is 0 Å². The average molecular weight is 485 g/mol. The Labute approximate surface area is 209 Å². The second kappa shape index (κ2) is 15.7. The lowest BCUT2D eigenvalue weighted by Gasteiger charge is -2.17. The monoisotopic (exact) mass is 484 g/mol. The van der Waals surface area contributed by atoms with Crippen LogP contribution in [0.25, 0.3) is 0 Å². The molecule has 0 aliphatic carbocycles. The standard InChI is InChI=1S/C27H40N4O4/c1-5-30(6-2)17-19-34-26(32)28-24-13-9-22(10-14-24)21-23-11-15-25(16-12-23)29-27(33)35-20-18-31(7-3)8-4/h9-16H,5-8,17-21H2,1-4H3,(H,28,32)(H,29,33). The lowest BCUT2D eigenvalue weighted by Crippen LogP contribution is -2.28. The number of hydrogen-bond acceptors (Lipinski definition) is 6.